The van der Waals surface area contributed by atoms with E-state index in [-0.39, 0.29) is 11.8 Å². The van der Waals surface area contributed by atoms with Gasteiger partial charge in [0.15, 0.2) is 0 Å². The number of benzene rings is 4. The number of nitrogens with one attached hydrogen (secondary N) is 1. The van der Waals surface area contributed by atoms with Crippen molar-refractivity contribution in [3.8, 4) is 11.1 Å². The van der Waals surface area contributed by atoms with Gasteiger partial charge in [-0.2, -0.15) is 0 Å². The lowest BCUT2D eigenvalue weighted by Gasteiger charge is -2.26. The second-order valence-electron chi connectivity index (χ2n) is 11.3. The average molecular weight is 540 g/mol. The van der Waals surface area contributed by atoms with E-state index in [1.54, 1.807) is 0 Å². The van der Waals surface area contributed by atoms with E-state index in [2.05, 4.69) is 94.8 Å². The van der Waals surface area contributed by atoms with Gasteiger partial charge in [0.2, 0.25) is 10.0 Å². The monoisotopic (exact) mass is 539 g/mol. The maximum Gasteiger partial charge on any atom is 0.241 e. The van der Waals surface area contributed by atoms with Crippen molar-refractivity contribution in [2.75, 3.05) is 0 Å². The zero-order valence-electron chi connectivity index (χ0n) is 24.0. The Kier molecular flexibility index (Phi) is 9.09. The summed E-state index contributed by atoms with van der Waals surface area (Å²) < 4.78 is 31.8. The molecule has 4 aromatic carbocycles. The summed E-state index contributed by atoms with van der Waals surface area (Å²) in [5, 5.41) is 0. The van der Waals surface area contributed by atoms with Crippen molar-refractivity contribution in [2.24, 2.45) is 0 Å². The van der Waals surface area contributed by atoms with Gasteiger partial charge in [0.1, 0.15) is 0 Å². The first-order valence-corrected chi connectivity index (χ1v) is 15.4. The molecule has 0 saturated heterocycles. The summed E-state index contributed by atoms with van der Waals surface area (Å²) in [4.78, 5) is 0.441. The number of sulfonamides is 1. The lowest BCUT2D eigenvalue weighted by molar-refractivity contribution is 0.550. The lowest BCUT2D eigenvalue weighted by Crippen LogP contribution is -2.32. The first kappa shape index (κ1) is 28.8. The second-order valence-corrected chi connectivity index (χ2v) is 13.0. The number of rotatable bonds is 10. The maximum absolute atomic E-state index is 14.3. The Bertz CT molecular complexity index is 1440. The fraction of sp³-hybridized carbons (Fsp3) is 0.314. The fourth-order valence-electron chi connectivity index (χ4n) is 5.06. The third-order valence-corrected chi connectivity index (χ3v) is 8.95. The summed E-state index contributed by atoms with van der Waals surface area (Å²) in [5.74, 6) is 0.467. The van der Waals surface area contributed by atoms with Crippen LogP contribution in [-0.2, 0) is 16.4 Å². The smallest absolute Gasteiger partial charge is 0.207 e. The van der Waals surface area contributed by atoms with Gasteiger partial charge in [-0.3, -0.25) is 0 Å². The molecule has 4 rings (SSSR count). The number of hydrogen-bond donors (Lipinski definition) is 1. The van der Waals surface area contributed by atoms with Crippen molar-refractivity contribution in [1.82, 2.24) is 4.72 Å². The molecule has 204 valence electrons. The average Bonchev–Trinajstić information content (AvgIpc) is 2.93. The Morgan fingerprint density at radius 3 is 1.56 bits per heavy atom. The molecular weight excluding hydrogens is 498 g/mol. The summed E-state index contributed by atoms with van der Waals surface area (Å²) in [6.07, 6.45) is 0.558. The maximum atomic E-state index is 14.3. The Morgan fingerprint density at radius 2 is 1.08 bits per heavy atom. The molecule has 0 aliphatic heterocycles. The van der Waals surface area contributed by atoms with Crippen molar-refractivity contribution in [3.05, 3.63) is 125 Å². The van der Waals surface area contributed by atoms with Gasteiger partial charge in [-0.25, -0.2) is 13.1 Å². The van der Waals surface area contributed by atoms with E-state index in [4.69, 9.17) is 0 Å². The zero-order chi connectivity index (χ0) is 28.2. The third-order valence-electron chi connectivity index (χ3n) is 7.35. The van der Waals surface area contributed by atoms with Gasteiger partial charge in [-0.1, -0.05) is 139 Å². The molecule has 0 bridgehead atoms. The highest BCUT2D eigenvalue weighted by Crippen LogP contribution is 2.36. The molecule has 0 aliphatic carbocycles. The van der Waals surface area contributed by atoms with Crippen LogP contribution in [0.3, 0.4) is 0 Å². The van der Waals surface area contributed by atoms with E-state index in [0.29, 0.717) is 17.2 Å². The molecule has 1 atom stereocenters. The van der Waals surface area contributed by atoms with Crippen LogP contribution in [0.4, 0.5) is 0 Å². The highest BCUT2D eigenvalue weighted by molar-refractivity contribution is 7.89. The molecule has 0 radical (unpaired) electrons. The standard InChI is InChI=1S/C35H41NO2S/c1-24(2)31-22-32(25(3)4)35(33(23-31)26(5)6)39(37,38)36-34(21-27-13-9-7-10-14-27)30-19-17-29(18-20-30)28-15-11-8-12-16-28/h7-20,22-26,34,36H,21H2,1-6H3/t34-/m1/s1. The molecule has 39 heavy (non-hydrogen) atoms. The Morgan fingerprint density at radius 1 is 0.590 bits per heavy atom. The molecule has 3 nitrogen and oxygen atoms in total. The SMILES string of the molecule is CC(C)c1cc(C(C)C)c(S(=O)(=O)N[C@H](Cc2ccccc2)c2ccc(-c3ccccc3)cc2)c(C(C)C)c1. The van der Waals surface area contributed by atoms with Gasteiger partial charge in [0.25, 0.3) is 0 Å². The highest BCUT2D eigenvalue weighted by Gasteiger charge is 2.29. The van der Waals surface area contributed by atoms with Crippen LogP contribution in [0.5, 0.6) is 0 Å². The molecule has 0 spiro atoms. The fourth-order valence-corrected chi connectivity index (χ4v) is 6.98. The minimum absolute atomic E-state index is 0.0745. The molecule has 0 amide bonds. The Balaban J connectivity index is 1.79. The topological polar surface area (TPSA) is 46.2 Å². The van der Waals surface area contributed by atoms with Crippen molar-refractivity contribution in [3.63, 3.8) is 0 Å². The Hall–Kier alpha value is -3.21. The quantitative estimate of drug-likeness (QED) is 0.219. The van der Waals surface area contributed by atoms with Crippen LogP contribution in [0, 0.1) is 0 Å². The second kappa shape index (κ2) is 12.3. The minimum Gasteiger partial charge on any atom is -0.207 e. The van der Waals surface area contributed by atoms with Crippen LogP contribution in [0.25, 0.3) is 11.1 Å². The van der Waals surface area contributed by atoms with Gasteiger partial charge in [-0.05, 0) is 63.1 Å². The predicted octanol–water partition coefficient (Wildman–Crippen LogP) is 8.99. The van der Waals surface area contributed by atoms with Gasteiger partial charge in [-0.15, -0.1) is 0 Å². The molecule has 0 aromatic heterocycles. The summed E-state index contributed by atoms with van der Waals surface area (Å²) in [5.41, 5.74) is 7.22. The van der Waals surface area contributed by atoms with E-state index in [0.717, 1.165) is 33.4 Å². The highest BCUT2D eigenvalue weighted by atomic mass is 32.2. The van der Waals surface area contributed by atoms with E-state index >= 15 is 0 Å². The van der Waals surface area contributed by atoms with Crippen LogP contribution in [0.1, 0.15) is 93.2 Å². The molecule has 0 fully saturated rings. The summed E-state index contributed by atoms with van der Waals surface area (Å²) >= 11 is 0. The van der Waals surface area contributed by atoms with E-state index in [1.165, 1.54) is 5.56 Å². The third kappa shape index (κ3) is 6.87. The molecular formula is C35H41NO2S. The molecule has 0 aliphatic rings. The summed E-state index contributed by atoms with van der Waals surface area (Å²) in [6.45, 7) is 12.6. The first-order valence-electron chi connectivity index (χ1n) is 14.0. The van der Waals surface area contributed by atoms with Crippen LogP contribution in [0.15, 0.2) is 102 Å². The van der Waals surface area contributed by atoms with Crippen molar-refractivity contribution in [2.45, 2.75) is 76.7 Å². The Labute approximate surface area is 235 Å². The van der Waals surface area contributed by atoms with Crippen LogP contribution in [0.2, 0.25) is 0 Å². The molecule has 0 saturated carbocycles. The number of hydrogen-bond acceptors (Lipinski definition) is 2. The van der Waals surface area contributed by atoms with E-state index in [1.807, 2.05) is 48.5 Å². The molecule has 0 unspecified atom stereocenters. The van der Waals surface area contributed by atoms with Gasteiger partial charge in [0.05, 0.1) is 10.9 Å². The first-order chi connectivity index (χ1) is 18.6. The van der Waals surface area contributed by atoms with E-state index < -0.39 is 16.1 Å². The lowest BCUT2D eigenvalue weighted by atomic mass is 9.89. The molecule has 4 aromatic rings. The van der Waals surface area contributed by atoms with Crippen LogP contribution >= 0.6 is 0 Å². The van der Waals surface area contributed by atoms with E-state index in [9.17, 15) is 8.42 Å². The minimum atomic E-state index is -3.83. The van der Waals surface area contributed by atoms with Crippen LogP contribution < -0.4 is 4.72 Å². The zero-order valence-corrected chi connectivity index (χ0v) is 24.8. The van der Waals surface area contributed by atoms with Gasteiger partial charge < -0.3 is 0 Å². The normalized spacial score (nSPS) is 12.8. The largest absolute Gasteiger partial charge is 0.241 e. The van der Waals surface area contributed by atoms with Crippen molar-refractivity contribution in [1.29, 1.82) is 0 Å². The van der Waals surface area contributed by atoms with Gasteiger partial charge in [0, 0.05) is 0 Å². The predicted molar refractivity (Wildman–Crippen MR) is 164 cm³/mol. The van der Waals surface area contributed by atoms with Gasteiger partial charge >= 0.3 is 0 Å². The molecule has 1 N–H and O–H groups in total. The molecule has 4 heteroatoms. The molecule has 0 heterocycles. The summed E-state index contributed by atoms with van der Waals surface area (Å²) in [7, 11) is -3.83. The van der Waals surface area contributed by atoms with Crippen molar-refractivity contribution >= 4 is 10.0 Å². The van der Waals surface area contributed by atoms with Crippen LogP contribution in [-0.4, -0.2) is 8.42 Å². The summed E-state index contributed by atoms with van der Waals surface area (Å²) in [6, 6.07) is 32.3. The van der Waals surface area contributed by atoms with Crippen molar-refractivity contribution < 1.29 is 8.42 Å².